The minimum Gasteiger partial charge on any atom is -0.482 e. The molecule has 0 aliphatic heterocycles. The molecule has 1 aromatic carbocycles. The Hall–Kier alpha value is -0.470. The average Bonchev–Trinajstić information content (AvgIpc) is 2.12. The van der Waals surface area contributed by atoms with Crippen LogP contribution in [0.25, 0.3) is 0 Å². The average molecular weight is 368 g/mol. The third-order valence-corrected chi connectivity index (χ3v) is 3.63. The van der Waals surface area contributed by atoms with Gasteiger partial charge in [-0.3, -0.25) is 0 Å². The van der Waals surface area contributed by atoms with Gasteiger partial charge in [-0.1, -0.05) is 15.9 Å². The molecule has 0 atom stereocenters. The largest absolute Gasteiger partial charge is 0.482 e. The smallest absolute Gasteiger partial charge is 0.422 e. The van der Waals surface area contributed by atoms with Crippen molar-refractivity contribution in [2.45, 2.75) is 18.0 Å². The summed E-state index contributed by atoms with van der Waals surface area (Å²) in [6.45, 7) is -0.170. The van der Waals surface area contributed by atoms with E-state index in [1.165, 1.54) is 13.0 Å². The lowest BCUT2D eigenvalue weighted by Crippen LogP contribution is -2.20. The molecule has 9 heteroatoms. The SMILES string of the molecule is Cc1cc(Br)cc(S(=O)(=O)Cl)c1OCC(F)(F)F. The van der Waals surface area contributed by atoms with Gasteiger partial charge in [0.15, 0.2) is 6.61 Å². The van der Waals surface area contributed by atoms with E-state index in [2.05, 4.69) is 20.7 Å². The van der Waals surface area contributed by atoms with E-state index in [4.69, 9.17) is 10.7 Å². The highest BCUT2D eigenvalue weighted by atomic mass is 79.9. The van der Waals surface area contributed by atoms with Crippen LogP contribution in [0.1, 0.15) is 5.56 Å². The van der Waals surface area contributed by atoms with Gasteiger partial charge in [-0.2, -0.15) is 13.2 Å². The molecule has 1 aromatic rings. The van der Waals surface area contributed by atoms with Crippen molar-refractivity contribution in [3.05, 3.63) is 22.2 Å². The van der Waals surface area contributed by atoms with Gasteiger partial charge in [-0.05, 0) is 24.6 Å². The Morgan fingerprint density at radius 1 is 1.39 bits per heavy atom. The standard InChI is InChI=1S/C9H7BrClF3O3S/c1-5-2-6(10)3-7(18(11,15)16)8(5)17-4-9(12,13)14/h2-3H,4H2,1H3. The maximum absolute atomic E-state index is 12.1. The van der Waals surface area contributed by atoms with Crippen LogP contribution < -0.4 is 4.74 Å². The lowest BCUT2D eigenvalue weighted by molar-refractivity contribution is -0.153. The van der Waals surface area contributed by atoms with Crippen LogP contribution >= 0.6 is 26.6 Å². The monoisotopic (exact) mass is 366 g/mol. The molecule has 1 rings (SSSR count). The number of hydrogen-bond donors (Lipinski definition) is 0. The number of hydrogen-bond acceptors (Lipinski definition) is 3. The predicted octanol–water partition coefficient (Wildman–Crippen LogP) is 3.63. The second kappa shape index (κ2) is 5.26. The second-order valence-corrected chi connectivity index (χ2v) is 6.84. The Kier molecular flexibility index (Phi) is 4.56. The van der Waals surface area contributed by atoms with Gasteiger partial charge in [0.05, 0.1) is 0 Å². The molecular formula is C9H7BrClF3O3S. The van der Waals surface area contributed by atoms with Crippen molar-refractivity contribution in [3.8, 4) is 5.75 Å². The van der Waals surface area contributed by atoms with E-state index in [1.54, 1.807) is 0 Å². The van der Waals surface area contributed by atoms with E-state index >= 15 is 0 Å². The minimum atomic E-state index is -4.56. The summed E-state index contributed by atoms with van der Waals surface area (Å²) in [4.78, 5) is -0.500. The van der Waals surface area contributed by atoms with Crippen LogP contribution in [0.15, 0.2) is 21.5 Å². The first-order valence-electron chi connectivity index (χ1n) is 4.45. The summed E-state index contributed by atoms with van der Waals surface area (Å²) in [6, 6.07) is 2.51. The van der Waals surface area contributed by atoms with Crippen LogP contribution in [0.5, 0.6) is 5.75 Å². The fourth-order valence-corrected chi connectivity index (χ4v) is 3.00. The van der Waals surface area contributed by atoms with E-state index in [0.717, 1.165) is 6.07 Å². The number of aryl methyl sites for hydroxylation is 1. The van der Waals surface area contributed by atoms with Crippen molar-refractivity contribution >= 4 is 35.7 Å². The zero-order valence-corrected chi connectivity index (χ0v) is 12.0. The van der Waals surface area contributed by atoms with Gasteiger partial charge >= 0.3 is 6.18 Å². The fourth-order valence-electron chi connectivity index (χ4n) is 1.22. The molecule has 0 spiro atoms. The number of alkyl halides is 3. The van der Waals surface area contributed by atoms with Crippen molar-refractivity contribution in [1.82, 2.24) is 0 Å². The number of rotatable bonds is 3. The highest BCUT2D eigenvalue weighted by Crippen LogP contribution is 2.34. The van der Waals surface area contributed by atoms with Crippen LogP contribution in [0.4, 0.5) is 13.2 Å². The Balaban J connectivity index is 3.25. The molecule has 0 amide bonds. The van der Waals surface area contributed by atoms with Gasteiger partial charge in [0.2, 0.25) is 0 Å². The Morgan fingerprint density at radius 3 is 2.39 bits per heavy atom. The molecule has 0 saturated heterocycles. The summed E-state index contributed by atoms with van der Waals surface area (Å²) >= 11 is 3.03. The molecule has 0 heterocycles. The van der Waals surface area contributed by atoms with Crippen LogP contribution in [-0.2, 0) is 9.05 Å². The zero-order chi connectivity index (χ0) is 14.1. The maximum atomic E-state index is 12.1. The number of ether oxygens (including phenoxy) is 1. The summed E-state index contributed by atoms with van der Waals surface area (Å²) in [7, 11) is 0.952. The van der Waals surface area contributed by atoms with Gasteiger partial charge in [0.1, 0.15) is 10.6 Å². The van der Waals surface area contributed by atoms with E-state index in [9.17, 15) is 21.6 Å². The minimum absolute atomic E-state index is 0.229. The van der Waals surface area contributed by atoms with Gasteiger partial charge in [0.25, 0.3) is 9.05 Å². The predicted molar refractivity (Wildman–Crippen MR) is 63.5 cm³/mol. The van der Waals surface area contributed by atoms with Crippen LogP contribution in [-0.4, -0.2) is 21.2 Å². The van der Waals surface area contributed by atoms with Crippen LogP contribution in [0, 0.1) is 6.92 Å². The van der Waals surface area contributed by atoms with Crippen molar-refractivity contribution in [3.63, 3.8) is 0 Å². The highest BCUT2D eigenvalue weighted by molar-refractivity contribution is 9.10. The molecule has 18 heavy (non-hydrogen) atoms. The molecule has 0 aliphatic carbocycles. The topological polar surface area (TPSA) is 43.4 Å². The van der Waals surface area contributed by atoms with E-state index in [-0.39, 0.29) is 5.56 Å². The van der Waals surface area contributed by atoms with Gasteiger partial charge in [-0.15, -0.1) is 0 Å². The first-order chi connectivity index (χ1) is 8.00. The van der Waals surface area contributed by atoms with Gasteiger partial charge < -0.3 is 4.74 Å². The fraction of sp³-hybridized carbons (Fsp3) is 0.333. The summed E-state index contributed by atoms with van der Waals surface area (Å²) in [5, 5.41) is 0. The van der Waals surface area contributed by atoms with Crippen molar-refractivity contribution in [2.75, 3.05) is 6.61 Å². The molecule has 0 aromatic heterocycles. The third kappa shape index (κ3) is 4.33. The third-order valence-electron chi connectivity index (χ3n) is 1.85. The first kappa shape index (κ1) is 15.6. The van der Waals surface area contributed by atoms with E-state index < -0.39 is 32.5 Å². The molecular weight excluding hydrogens is 361 g/mol. The number of halogens is 5. The molecule has 0 fully saturated rings. The Bertz CT molecular complexity index is 557. The Labute approximate surface area is 114 Å². The van der Waals surface area contributed by atoms with Gasteiger partial charge in [-0.25, -0.2) is 8.42 Å². The summed E-state index contributed by atoms with van der Waals surface area (Å²) in [6.07, 6.45) is -4.56. The summed E-state index contributed by atoms with van der Waals surface area (Å²) < 4.78 is 63.6. The normalized spacial score (nSPS) is 12.6. The second-order valence-electron chi connectivity index (χ2n) is 3.39. The lowest BCUT2D eigenvalue weighted by atomic mass is 10.2. The van der Waals surface area contributed by atoms with E-state index in [1.807, 2.05) is 0 Å². The molecule has 0 bridgehead atoms. The van der Waals surface area contributed by atoms with Crippen molar-refractivity contribution in [1.29, 1.82) is 0 Å². The summed E-state index contributed by atoms with van der Waals surface area (Å²) in [5.74, 6) is -0.398. The van der Waals surface area contributed by atoms with Crippen molar-refractivity contribution in [2.24, 2.45) is 0 Å². The van der Waals surface area contributed by atoms with Gasteiger partial charge in [0, 0.05) is 15.2 Å². The zero-order valence-electron chi connectivity index (χ0n) is 8.88. The molecule has 0 N–H and O–H groups in total. The molecule has 0 saturated carbocycles. The molecule has 3 nitrogen and oxygen atoms in total. The molecule has 0 unspecified atom stereocenters. The Morgan fingerprint density at radius 2 is 1.94 bits per heavy atom. The lowest BCUT2D eigenvalue weighted by Gasteiger charge is -2.14. The van der Waals surface area contributed by atoms with Crippen molar-refractivity contribution < 1.29 is 26.3 Å². The quantitative estimate of drug-likeness (QED) is 0.766. The molecule has 102 valence electrons. The molecule has 0 aliphatic rings. The van der Waals surface area contributed by atoms with Crippen LogP contribution in [0.3, 0.4) is 0 Å². The first-order valence-corrected chi connectivity index (χ1v) is 7.55. The number of benzene rings is 1. The highest BCUT2D eigenvalue weighted by Gasteiger charge is 2.30. The van der Waals surface area contributed by atoms with Crippen LogP contribution in [0.2, 0.25) is 0 Å². The van der Waals surface area contributed by atoms with E-state index in [0.29, 0.717) is 4.47 Å². The maximum Gasteiger partial charge on any atom is 0.422 e. The molecule has 0 radical (unpaired) electrons. The summed E-state index contributed by atoms with van der Waals surface area (Å²) in [5.41, 5.74) is 0.229.